The zero-order chi connectivity index (χ0) is 26.5. The molecule has 0 N–H and O–H groups in total. The van der Waals surface area contributed by atoms with Gasteiger partial charge < -0.3 is 0 Å². The van der Waals surface area contributed by atoms with E-state index < -0.39 is 0 Å². The van der Waals surface area contributed by atoms with E-state index in [0.29, 0.717) is 0 Å². The molecule has 0 atom stereocenters. The van der Waals surface area contributed by atoms with Crippen LogP contribution in [0.25, 0.3) is 76.5 Å². The zero-order valence-electron chi connectivity index (χ0n) is 22.0. The van der Waals surface area contributed by atoms with Crippen LogP contribution in [0.4, 0.5) is 0 Å². The minimum atomic E-state index is 1.23. The molecule has 0 aliphatic heterocycles. The van der Waals surface area contributed by atoms with Crippen molar-refractivity contribution in [3.8, 4) is 33.4 Å². The SMILES string of the molecule is c1cc(-c2ccc3cc(-c4ccc5ccccc5c4)ccc3c2)cc(-c2cc3ccccc3c3ccccc23)c1. The molecule has 0 fully saturated rings. The van der Waals surface area contributed by atoms with Crippen molar-refractivity contribution >= 4 is 43.1 Å². The van der Waals surface area contributed by atoms with Crippen molar-refractivity contribution in [2.24, 2.45) is 0 Å². The number of benzene rings is 8. The van der Waals surface area contributed by atoms with E-state index in [1.54, 1.807) is 0 Å². The molecule has 0 aliphatic rings. The van der Waals surface area contributed by atoms with Gasteiger partial charge in [-0.3, -0.25) is 0 Å². The summed E-state index contributed by atoms with van der Waals surface area (Å²) in [4.78, 5) is 0. The predicted molar refractivity (Wildman–Crippen MR) is 173 cm³/mol. The lowest BCUT2D eigenvalue weighted by molar-refractivity contribution is 1.62. The summed E-state index contributed by atoms with van der Waals surface area (Å²) in [6, 6.07) is 57.6. The third kappa shape index (κ3) is 3.85. The van der Waals surface area contributed by atoms with Gasteiger partial charge in [-0.05, 0) is 107 Å². The summed E-state index contributed by atoms with van der Waals surface area (Å²) in [5.74, 6) is 0. The van der Waals surface area contributed by atoms with E-state index >= 15 is 0 Å². The Hall–Kier alpha value is -5.20. The number of hydrogen-bond acceptors (Lipinski definition) is 0. The highest BCUT2D eigenvalue weighted by molar-refractivity contribution is 6.13. The van der Waals surface area contributed by atoms with Crippen molar-refractivity contribution in [1.82, 2.24) is 0 Å². The summed E-state index contributed by atoms with van der Waals surface area (Å²) in [5, 5.41) is 10.2. The standard InChI is InChI=1S/C40H26/c1-2-9-28-22-31(17-16-27(28)8-1)33-21-20-32-23-30(18-19-34(32)24-33)29-11-7-12-35(25-29)40-26-36-10-3-4-13-37(36)38-14-5-6-15-39(38)40/h1-26H. The Morgan fingerprint density at radius 2 is 0.700 bits per heavy atom. The molecule has 8 rings (SSSR count). The average Bonchev–Trinajstić information content (AvgIpc) is 3.03. The summed E-state index contributed by atoms with van der Waals surface area (Å²) < 4.78 is 0. The first-order valence-electron chi connectivity index (χ1n) is 13.8. The zero-order valence-corrected chi connectivity index (χ0v) is 22.0. The van der Waals surface area contributed by atoms with Crippen LogP contribution in [0.5, 0.6) is 0 Å². The summed E-state index contributed by atoms with van der Waals surface area (Å²) in [7, 11) is 0. The fourth-order valence-corrected chi connectivity index (χ4v) is 6.13. The van der Waals surface area contributed by atoms with Crippen LogP contribution < -0.4 is 0 Å². The summed E-state index contributed by atoms with van der Waals surface area (Å²) in [5.41, 5.74) is 7.48. The third-order valence-electron chi connectivity index (χ3n) is 8.20. The summed E-state index contributed by atoms with van der Waals surface area (Å²) in [6.45, 7) is 0. The molecule has 0 saturated heterocycles. The lowest BCUT2D eigenvalue weighted by Crippen LogP contribution is -1.86. The average molecular weight is 507 g/mol. The first kappa shape index (κ1) is 22.8. The molecule has 8 aromatic rings. The van der Waals surface area contributed by atoms with Gasteiger partial charge in [-0.25, -0.2) is 0 Å². The fraction of sp³-hybridized carbons (Fsp3) is 0. The molecule has 0 bridgehead atoms. The van der Waals surface area contributed by atoms with Gasteiger partial charge in [0.05, 0.1) is 0 Å². The summed E-state index contributed by atoms with van der Waals surface area (Å²) >= 11 is 0. The molecule has 0 saturated carbocycles. The van der Waals surface area contributed by atoms with Gasteiger partial charge in [0.1, 0.15) is 0 Å². The number of fused-ring (bicyclic) bond motifs is 5. The molecule has 0 unspecified atom stereocenters. The topological polar surface area (TPSA) is 0 Å². The first-order valence-corrected chi connectivity index (χ1v) is 13.8. The molecule has 0 spiro atoms. The molecule has 0 aliphatic carbocycles. The van der Waals surface area contributed by atoms with E-state index in [2.05, 4.69) is 158 Å². The Bertz CT molecular complexity index is 2220. The minimum absolute atomic E-state index is 1.23. The Balaban J connectivity index is 1.20. The Morgan fingerprint density at radius 3 is 1.40 bits per heavy atom. The molecule has 8 aromatic carbocycles. The van der Waals surface area contributed by atoms with Crippen LogP contribution in [0, 0.1) is 0 Å². The maximum absolute atomic E-state index is 2.34. The largest absolute Gasteiger partial charge is 0.0616 e. The van der Waals surface area contributed by atoms with Gasteiger partial charge in [0.2, 0.25) is 0 Å². The fourth-order valence-electron chi connectivity index (χ4n) is 6.13. The van der Waals surface area contributed by atoms with Gasteiger partial charge in [0.15, 0.2) is 0 Å². The van der Waals surface area contributed by atoms with Gasteiger partial charge in [-0.15, -0.1) is 0 Å². The molecule has 186 valence electrons. The van der Waals surface area contributed by atoms with Crippen LogP contribution in [0.3, 0.4) is 0 Å². The second-order valence-corrected chi connectivity index (χ2v) is 10.6. The highest BCUT2D eigenvalue weighted by Crippen LogP contribution is 2.37. The highest BCUT2D eigenvalue weighted by atomic mass is 14.1. The van der Waals surface area contributed by atoms with Crippen LogP contribution in [-0.4, -0.2) is 0 Å². The Kier molecular flexibility index (Phi) is 5.24. The number of rotatable bonds is 3. The van der Waals surface area contributed by atoms with Crippen LogP contribution in [0.15, 0.2) is 158 Å². The van der Waals surface area contributed by atoms with Gasteiger partial charge in [-0.1, -0.05) is 127 Å². The van der Waals surface area contributed by atoms with Crippen LogP contribution in [-0.2, 0) is 0 Å². The number of hydrogen-bond donors (Lipinski definition) is 0. The highest BCUT2D eigenvalue weighted by Gasteiger charge is 2.10. The predicted octanol–water partition coefficient (Wildman–Crippen LogP) is 11.3. The maximum Gasteiger partial charge on any atom is -0.00988 e. The lowest BCUT2D eigenvalue weighted by atomic mass is 9.91. The smallest absolute Gasteiger partial charge is 0.00988 e. The van der Waals surface area contributed by atoms with Gasteiger partial charge in [0, 0.05) is 0 Å². The van der Waals surface area contributed by atoms with E-state index in [1.807, 2.05) is 0 Å². The normalized spacial score (nSPS) is 11.5. The van der Waals surface area contributed by atoms with E-state index in [9.17, 15) is 0 Å². The van der Waals surface area contributed by atoms with Crippen LogP contribution in [0.1, 0.15) is 0 Å². The quantitative estimate of drug-likeness (QED) is 0.209. The van der Waals surface area contributed by atoms with Crippen molar-refractivity contribution < 1.29 is 0 Å². The Labute approximate surface area is 233 Å². The lowest BCUT2D eigenvalue weighted by Gasteiger charge is -2.13. The van der Waals surface area contributed by atoms with Gasteiger partial charge >= 0.3 is 0 Å². The molecular weight excluding hydrogens is 480 g/mol. The van der Waals surface area contributed by atoms with Crippen molar-refractivity contribution in [3.05, 3.63) is 158 Å². The second-order valence-electron chi connectivity index (χ2n) is 10.6. The summed E-state index contributed by atoms with van der Waals surface area (Å²) in [6.07, 6.45) is 0. The van der Waals surface area contributed by atoms with E-state index in [4.69, 9.17) is 0 Å². The monoisotopic (exact) mass is 506 g/mol. The molecule has 40 heavy (non-hydrogen) atoms. The van der Waals surface area contributed by atoms with E-state index in [0.717, 1.165) is 0 Å². The van der Waals surface area contributed by atoms with Gasteiger partial charge in [0.25, 0.3) is 0 Å². The molecular formula is C40H26. The molecule has 0 heterocycles. The first-order chi connectivity index (χ1) is 19.8. The maximum atomic E-state index is 2.34. The molecule has 0 aromatic heterocycles. The van der Waals surface area contributed by atoms with Crippen LogP contribution in [0.2, 0.25) is 0 Å². The van der Waals surface area contributed by atoms with E-state index in [1.165, 1.54) is 76.5 Å². The van der Waals surface area contributed by atoms with Crippen molar-refractivity contribution in [3.63, 3.8) is 0 Å². The third-order valence-corrected chi connectivity index (χ3v) is 8.20. The van der Waals surface area contributed by atoms with Gasteiger partial charge in [-0.2, -0.15) is 0 Å². The van der Waals surface area contributed by atoms with Crippen LogP contribution >= 0.6 is 0 Å². The van der Waals surface area contributed by atoms with Crippen molar-refractivity contribution in [2.75, 3.05) is 0 Å². The van der Waals surface area contributed by atoms with E-state index in [-0.39, 0.29) is 0 Å². The minimum Gasteiger partial charge on any atom is -0.0616 e. The Morgan fingerprint density at radius 1 is 0.225 bits per heavy atom. The second kappa shape index (κ2) is 9.22. The van der Waals surface area contributed by atoms with Crippen molar-refractivity contribution in [1.29, 1.82) is 0 Å². The molecule has 0 radical (unpaired) electrons. The molecule has 0 amide bonds. The molecule has 0 nitrogen and oxygen atoms in total. The molecule has 0 heteroatoms. The van der Waals surface area contributed by atoms with Crippen molar-refractivity contribution in [2.45, 2.75) is 0 Å².